The van der Waals surface area contributed by atoms with Crippen molar-refractivity contribution in [2.45, 2.75) is 38.5 Å². The highest BCUT2D eigenvalue weighted by molar-refractivity contribution is 7.99. The fourth-order valence-electron chi connectivity index (χ4n) is 2.83. The Kier molecular flexibility index (Phi) is 6.80. The largest absolute Gasteiger partial charge is 0.461 e. The number of carbonyl (C=O) groups is 1. The van der Waals surface area contributed by atoms with Crippen LogP contribution in [0.2, 0.25) is 5.02 Å². The lowest BCUT2D eigenvalue weighted by atomic mass is 10.1. The summed E-state index contributed by atoms with van der Waals surface area (Å²) >= 11 is 7.57. The van der Waals surface area contributed by atoms with Crippen LogP contribution in [0, 0.1) is 5.92 Å². The first kappa shape index (κ1) is 20.5. The van der Waals surface area contributed by atoms with Crippen LogP contribution in [0.15, 0.2) is 52.2 Å². The van der Waals surface area contributed by atoms with E-state index in [1.54, 1.807) is 6.26 Å². The van der Waals surface area contributed by atoms with Crippen molar-refractivity contribution in [1.82, 2.24) is 20.1 Å². The molecule has 1 amide bonds. The molecule has 8 heteroatoms. The third kappa shape index (κ3) is 4.97. The molecule has 0 fully saturated rings. The van der Waals surface area contributed by atoms with Crippen molar-refractivity contribution in [1.29, 1.82) is 0 Å². The number of halogens is 1. The maximum absolute atomic E-state index is 12.4. The minimum absolute atomic E-state index is 0.0870. The second kappa shape index (κ2) is 9.30. The van der Waals surface area contributed by atoms with E-state index in [2.05, 4.69) is 29.4 Å². The van der Waals surface area contributed by atoms with Gasteiger partial charge >= 0.3 is 0 Å². The molecule has 28 heavy (non-hydrogen) atoms. The van der Waals surface area contributed by atoms with E-state index in [4.69, 9.17) is 16.0 Å². The van der Waals surface area contributed by atoms with Gasteiger partial charge in [0.05, 0.1) is 18.1 Å². The van der Waals surface area contributed by atoms with E-state index >= 15 is 0 Å². The first-order valence-corrected chi connectivity index (χ1v) is 10.5. The molecular weight excluding hydrogens is 396 g/mol. The van der Waals surface area contributed by atoms with Crippen LogP contribution in [0.1, 0.15) is 32.4 Å². The van der Waals surface area contributed by atoms with Crippen LogP contribution in [0.3, 0.4) is 0 Å². The molecule has 1 aromatic carbocycles. The van der Waals surface area contributed by atoms with Gasteiger partial charge in [0.15, 0.2) is 16.7 Å². The van der Waals surface area contributed by atoms with Crippen LogP contribution in [-0.4, -0.2) is 26.4 Å². The molecule has 0 aliphatic carbocycles. The Morgan fingerprint density at radius 2 is 2.00 bits per heavy atom. The number of aromatic nitrogens is 3. The van der Waals surface area contributed by atoms with Gasteiger partial charge < -0.3 is 9.73 Å². The van der Waals surface area contributed by atoms with Crippen LogP contribution in [0.25, 0.3) is 11.6 Å². The zero-order valence-corrected chi connectivity index (χ0v) is 17.6. The molecule has 6 nitrogen and oxygen atoms in total. The minimum Gasteiger partial charge on any atom is -0.461 e. The highest BCUT2D eigenvalue weighted by Gasteiger charge is 2.19. The smallest absolute Gasteiger partial charge is 0.230 e. The summed E-state index contributed by atoms with van der Waals surface area (Å²) in [5.41, 5.74) is 0.894. The Balaban J connectivity index is 1.67. The summed E-state index contributed by atoms with van der Waals surface area (Å²) in [6.45, 7) is 6.90. The molecule has 1 unspecified atom stereocenters. The standard InChI is InChI=1S/C20H23ClN4O2S/c1-13(2)11-25-19(17-9-6-10-27-17)23-24-20(25)28-12-18(26)22-14(3)15-7-4-5-8-16(15)21/h4-10,13-14H,11-12H2,1-3H3,(H,22,26). The van der Waals surface area contributed by atoms with Gasteiger partial charge in [-0.1, -0.05) is 55.4 Å². The van der Waals surface area contributed by atoms with Gasteiger partial charge in [0, 0.05) is 11.6 Å². The van der Waals surface area contributed by atoms with Crippen molar-refractivity contribution < 1.29 is 9.21 Å². The predicted molar refractivity (Wildman–Crippen MR) is 111 cm³/mol. The van der Waals surface area contributed by atoms with Gasteiger partial charge in [-0.25, -0.2) is 0 Å². The lowest BCUT2D eigenvalue weighted by Crippen LogP contribution is -2.28. The summed E-state index contributed by atoms with van der Waals surface area (Å²) in [5.74, 6) is 1.89. The van der Waals surface area contributed by atoms with Crippen molar-refractivity contribution in [2.24, 2.45) is 5.92 Å². The minimum atomic E-state index is -0.172. The Morgan fingerprint density at radius 1 is 1.21 bits per heavy atom. The van der Waals surface area contributed by atoms with E-state index in [1.165, 1.54) is 11.8 Å². The van der Waals surface area contributed by atoms with Gasteiger partial charge in [0.25, 0.3) is 0 Å². The summed E-state index contributed by atoms with van der Waals surface area (Å²) in [6.07, 6.45) is 1.61. The number of thioether (sulfide) groups is 1. The number of nitrogens with one attached hydrogen (secondary N) is 1. The lowest BCUT2D eigenvalue weighted by Gasteiger charge is -2.16. The quantitative estimate of drug-likeness (QED) is 0.531. The molecule has 0 saturated heterocycles. The topological polar surface area (TPSA) is 73.0 Å². The molecular formula is C20H23ClN4O2S. The zero-order chi connectivity index (χ0) is 20.1. The molecule has 1 atom stereocenters. The fraction of sp³-hybridized carbons (Fsp3) is 0.350. The molecule has 0 aliphatic heterocycles. The van der Waals surface area contributed by atoms with E-state index in [0.717, 1.165) is 12.1 Å². The maximum atomic E-state index is 12.4. The normalized spacial score (nSPS) is 12.3. The second-order valence-corrected chi connectivity index (χ2v) is 8.24. The molecule has 0 spiro atoms. The molecule has 1 N–H and O–H groups in total. The molecule has 148 valence electrons. The van der Waals surface area contributed by atoms with Gasteiger partial charge in [-0.05, 0) is 36.6 Å². The van der Waals surface area contributed by atoms with Crippen molar-refractivity contribution in [3.8, 4) is 11.6 Å². The van der Waals surface area contributed by atoms with Crippen LogP contribution >= 0.6 is 23.4 Å². The van der Waals surface area contributed by atoms with Crippen molar-refractivity contribution in [3.63, 3.8) is 0 Å². The Bertz CT molecular complexity index is 924. The van der Waals surface area contributed by atoms with Crippen LogP contribution in [0.5, 0.6) is 0 Å². The SMILES string of the molecule is CC(C)Cn1c(SCC(=O)NC(C)c2ccccc2Cl)nnc1-c1ccco1. The summed E-state index contributed by atoms with van der Waals surface area (Å²) in [7, 11) is 0. The molecule has 0 aliphatic rings. The van der Waals surface area contributed by atoms with E-state index in [-0.39, 0.29) is 17.7 Å². The highest BCUT2D eigenvalue weighted by Crippen LogP contribution is 2.26. The van der Waals surface area contributed by atoms with Gasteiger partial charge in [-0.15, -0.1) is 10.2 Å². The molecule has 0 saturated carbocycles. The number of amides is 1. The summed E-state index contributed by atoms with van der Waals surface area (Å²) < 4.78 is 7.47. The number of rotatable bonds is 8. The Labute approximate surface area is 173 Å². The number of nitrogens with zero attached hydrogens (tertiary/aromatic N) is 3. The first-order valence-electron chi connectivity index (χ1n) is 9.09. The van der Waals surface area contributed by atoms with Gasteiger partial charge in [-0.3, -0.25) is 9.36 Å². The molecule has 3 aromatic rings. The Morgan fingerprint density at radius 3 is 2.68 bits per heavy atom. The van der Waals surface area contributed by atoms with Crippen molar-refractivity contribution in [3.05, 3.63) is 53.2 Å². The van der Waals surface area contributed by atoms with Crippen molar-refractivity contribution in [2.75, 3.05) is 5.75 Å². The molecule has 3 rings (SSSR count). The molecule has 2 aromatic heterocycles. The monoisotopic (exact) mass is 418 g/mol. The number of carbonyl (C=O) groups excluding carboxylic acids is 1. The maximum Gasteiger partial charge on any atom is 0.230 e. The third-order valence-electron chi connectivity index (χ3n) is 4.09. The van der Waals surface area contributed by atoms with Gasteiger partial charge in [0.1, 0.15) is 0 Å². The summed E-state index contributed by atoms with van der Waals surface area (Å²) in [4.78, 5) is 12.4. The van der Waals surface area contributed by atoms with Crippen LogP contribution in [-0.2, 0) is 11.3 Å². The first-order chi connectivity index (χ1) is 13.5. The predicted octanol–water partition coefficient (Wildman–Crippen LogP) is 4.82. The lowest BCUT2D eigenvalue weighted by molar-refractivity contribution is -0.119. The van der Waals surface area contributed by atoms with Crippen LogP contribution in [0.4, 0.5) is 0 Å². The summed E-state index contributed by atoms with van der Waals surface area (Å²) in [5, 5.41) is 12.8. The number of hydrogen-bond donors (Lipinski definition) is 1. The Hall–Kier alpha value is -2.25. The summed E-state index contributed by atoms with van der Waals surface area (Å²) in [6, 6.07) is 11.0. The fourth-order valence-corrected chi connectivity index (χ4v) is 3.89. The number of benzene rings is 1. The van der Waals surface area contributed by atoms with Gasteiger partial charge in [-0.2, -0.15) is 0 Å². The van der Waals surface area contributed by atoms with E-state index < -0.39 is 0 Å². The molecule has 0 radical (unpaired) electrons. The van der Waals surface area contributed by atoms with Crippen molar-refractivity contribution >= 4 is 29.3 Å². The highest BCUT2D eigenvalue weighted by atomic mass is 35.5. The average Bonchev–Trinajstić information content (AvgIpc) is 3.29. The van der Waals surface area contributed by atoms with E-state index in [1.807, 2.05) is 47.9 Å². The van der Waals surface area contributed by atoms with Crippen LogP contribution < -0.4 is 5.32 Å². The molecule has 2 heterocycles. The van der Waals surface area contributed by atoms with E-state index in [9.17, 15) is 4.79 Å². The zero-order valence-electron chi connectivity index (χ0n) is 16.1. The van der Waals surface area contributed by atoms with Gasteiger partial charge in [0.2, 0.25) is 5.91 Å². The third-order valence-corrected chi connectivity index (χ3v) is 5.40. The second-order valence-electron chi connectivity index (χ2n) is 6.89. The average molecular weight is 419 g/mol. The number of furan rings is 1. The molecule has 0 bridgehead atoms. The number of hydrogen-bond acceptors (Lipinski definition) is 5. The van der Waals surface area contributed by atoms with E-state index in [0.29, 0.717) is 27.7 Å².